The normalized spacial score (nSPS) is 18.6. The molecule has 2 aliphatic heterocycles. The summed E-state index contributed by atoms with van der Waals surface area (Å²) in [7, 11) is 0. The van der Waals surface area contributed by atoms with Gasteiger partial charge in [0.1, 0.15) is 0 Å². The molecule has 3 aliphatic carbocycles. The standard InChI is InChI=1S/C68H67BN2/c1-42-36-54-56(67(8,9)35-34-65(54,4)5)41-58(42)70-59-38-45(43-20-14-12-15-21-43)26-31-57(59)69-62-51(37-46(39-60(62)70)44-22-16-13-17-23-44)50-29-28-49-48-24-18-19-25-52(48)68(10,11)61(49)63(50)71(69)47-27-30-53-55(40-47)66(6,7)33-32-64(53,2)3/h12-31,36-41H,32-35H2,1-11H3. The summed E-state index contributed by atoms with van der Waals surface area (Å²) in [5, 5.41) is 0. The van der Waals surface area contributed by atoms with Crippen LogP contribution in [0.25, 0.3) is 44.5 Å². The first kappa shape index (κ1) is 44.4. The maximum Gasteiger partial charge on any atom is 0.333 e. The van der Waals surface area contributed by atoms with E-state index in [1.165, 1.54) is 136 Å². The zero-order valence-electron chi connectivity index (χ0n) is 43.8. The molecule has 8 aromatic rings. The Bertz CT molecular complexity index is 3530. The van der Waals surface area contributed by atoms with Crippen molar-refractivity contribution in [3.63, 3.8) is 0 Å². The zero-order valence-corrected chi connectivity index (χ0v) is 43.8. The molecule has 0 unspecified atom stereocenters. The van der Waals surface area contributed by atoms with Crippen molar-refractivity contribution in [1.29, 1.82) is 0 Å². The highest BCUT2D eigenvalue weighted by Crippen LogP contribution is 2.59. The van der Waals surface area contributed by atoms with Crippen molar-refractivity contribution < 1.29 is 0 Å². The van der Waals surface area contributed by atoms with Gasteiger partial charge in [-0.3, -0.25) is 0 Å². The van der Waals surface area contributed by atoms with Crippen LogP contribution in [0, 0.1) is 6.92 Å². The molecular weight excluding hydrogens is 856 g/mol. The third-order valence-electron chi connectivity index (χ3n) is 18.5. The van der Waals surface area contributed by atoms with Gasteiger partial charge in [0.15, 0.2) is 0 Å². The summed E-state index contributed by atoms with van der Waals surface area (Å²) in [6, 6.07) is 61.6. The van der Waals surface area contributed by atoms with E-state index in [1.807, 2.05) is 0 Å². The maximum absolute atomic E-state index is 2.83. The molecule has 13 rings (SSSR count). The quantitative estimate of drug-likeness (QED) is 0.162. The van der Waals surface area contributed by atoms with Crippen molar-refractivity contribution in [3.8, 4) is 44.5 Å². The van der Waals surface area contributed by atoms with E-state index in [-0.39, 0.29) is 33.9 Å². The molecule has 0 saturated carbocycles. The minimum absolute atomic E-state index is 0.0411. The van der Waals surface area contributed by atoms with E-state index in [0.29, 0.717) is 0 Å². The lowest BCUT2D eigenvalue weighted by atomic mass is 9.43. The summed E-state index contributed by atoms with van der Waals surface area (Å²) in [5.41, 5.74) is 29.5. The lowest BCUT2D eigenvalue weighted by molar-refractivity contribution is 0.332. The van der Waals surface area contributed by atoms with Gasteiger partial charge in [0.05, 0.1) is 0 Å². The maximum atomic E-state index is 2.83. The van der Waals surface area contributed by atoms with Crippen LogP contribution in [0.5, 0.6) is 0 Å². The second-order valence-electron chi connectivity index (χ2n) is 25.1. The van der Waals surface area contributed by atoms with Crippen LogP contribution in [-0.2, 0) is 27.1 Å². The van der Waals surface area contributed by atoms with Crippen LogP contribution in [0.2, 0.25) is 0 Å². The Labute approximate surface area is 423 Å². The van der Waals surface area contributed by atoms with Gasteiger partial charge >= 0.3 is 6.85 Å². The summed E-state index contributed by atoms with van der Waals surface area (Å²) in [6.45, 7) is 26.9. The molecule has 352 valence electrons. The van der Waals surface area contributed by atoms with Crippen LogP contribution in [0.4, 0.5) is 28.4 Å². The van der Waals surface area contributed by atoms with Gasteiger partial charge in [-0.25, -0.2) is 0 Å². The first-order valence-electron chi connectivity index (χ1n) is 26.5. The highest BCUT2D eigenvalue weighted by Gasteiger charge is 2.50. The number of rotatable bonds is 4. The van der Waals surface area contributed by atoms with E-state index in [2.05, 4.69) is 244 Å². The van der Waals surface area contributed by atoms with Crippen LogP contribution in [-0.4, -0.2) is 6.85 Å². The number of fused-ring (bicyclic) bond motifs is 10. The van der Waals surface area contributed by atoms with Crippen LogP contribution in [0.3, 0.4) is 0 Å². The molecule has 0 spiro atoms. The monoisotopic (exact) mass is 923 g/mol. The molecule has 0 saturated heterocycles. The van der Waals surface area contributed by atoms with Gasteiger partial charge in [-0.2, -0.15) is 0 Å². The Morgan fingerprint density at radius 3 is 1.63 bits per heavy atom. The molecular formula is C68H67BN2. The minimum atomic E-state index is -0.246. The largest absolute Gasteiger partial charge is 0.376 e. The van der Waals surface area contributed by atoms with Crippen molar-refractivity contribution in [1.82, 2.24) is 0 Å². The lowest BCUT2D eigenvalue weighted by Crippen LogP contribution is -2.62. The number of nitrogens with zero attached hydrogens (tertiary/aromatic N) is 2. The fraction of sp³-hybridized carbons (Fsp3) is 0.294. The average molecular weight is 923 g/mol. The van der Waals surface area contributed by atoms with Crippen molar-refractivity contribution in [2.45, 2.75) is 129 Å². The molecule has 71 heavy (non-hydrogen) atoms. The molecule has 0 radical (unpaired) electrons. The lowest BCUT2D eigenvalue weighted by Gasteiger charge is -2.49. The first-order valence-corrected chi connectivity index (χ1v) is 26.5. The molecule has 0 N–H and O–H groups in total. The van der Waals surface area contributed by atoms with Crippen LogP contribution < -0.4 is 20.6 Å². The van der Waals surface area contributed by atoms with E-state index >= 15 is 0 Å². The van der Waals surface area contributed by atoms with Crippen molar-refractivity contribution >= 4 is 46.2 Å². The first-order chi connectivity index (χ1) is 33.9. The summed E-state index contributed by atoms with van der Waals surface area (Å²) in [4.78, 5) is 5.53. The summed E-state index contributed by atoms with van der Waals surface area (Å²) >= 11 is 0. The van der Waals surface area contributed by atoms with Gasteiger partial charge in [0, 0.05) is 39.4 Å². The van der Waals surface area contributed by atoms with E-state index in [9.17, 15) is 0 Å². The smallest absolute Gasteiger partial charge is 0.333 e. The minimum Gasteiger partial charge on any atom is -0.376 e. The van der Waals surface area contributed by atoms with Gasteiger partial charge in [0.25, 0.3) is 0 Å². The number of hydrogen-bond acceptors (Lipinski definition) is 2. The van der Waals surface area contributed by atoms with E-state index in [4.69, 9.17) is 0 Å². The Morgan fingerprint density at radius 1 is 0.394 bits per heavy atom. The van der Waals surface area contributed by atoms with Crippen molar-refractivity contribution in [2.24, 2.45) is 0 Å². The Kier molecular flexibility index (Phi) is 9.37. The van der Waals surface area contributed by atoms with Crippen LogP contribution in [0.1, 0.15) is 134 Å². The third-order valence-corrected chi connectivity index (χ3v) is 18.5. The Balaban J connectivity index is 1.19. The van der Waals surface area contributed by atoms with E-state index < -0.39 is 0 Å². The predicted molar refractivity (Wildman–Crippen MR) is 304 cm³/mol. The summed E-state index contributed by atoms with van der Waals surface area (Å²) < 4.78 is 0. The van der Waals surface area contributed by atoms with Gasteiger partial charge in [-0.15, -0.1) is 0 Å². The van der Waals surface area contributed by atoms with Gasteiger partial charge < -0.3 is 9.71 Å². The predicted octanol–water partition coefficient (Wildman–Crippen LogP) is 17.0. The molecule has 2 nitrogen and oxygen atoms in total. The van der Waals surface area contributed by atoms with E-state index in [0.717, 1.165) is 12.8 Å². The molecule has 0 atom stereocenters. The average Bonchev–Trinajstić information content (AvgIpc) is 3.60. The second kappa shape index (κ2) is 15.0. The SMILES string of the molecule is Cc1cc2c(cc1N1c3cc(-c4ccccc4)ccc3B3c4c(cc(-c5ccccc5)cc41)-c1ccc4c(c1N3c1ccc3c(c1)C(C)(C)CCC3(C)C)C(C)(C)c1ccccc1-4)C(C)(C)CCC2(C)C. The Morgan fingerprint density at radius 2 is 0.958 bits per heavy atom. The molecule has 8 aromatic carbocycles. The highest BCUT2D eigenvalue weighted by atomic mass is 15.2. The molecule has 2 heterocycles. The summed E-state index contributed by atoms with van der Waals surface area (Å²) in [5.74, 6) is 0. The fourth-order valence-electron chi connectivity index (χ4n) is 14.1. The van der Waals surface area contributed by atoms with Crippen LogP contribution >= 0.6 is 0 Å². The molecule has 0 amide bonds. The summed E-state index contributed by atoms with van der Waals surface area (Å²) in [6.07, 6.45) is 4.70. The van der Waals surface area contributed by atoms with Crippen molar-refractivity contribution in [2.75, 3.05) is 9.71 Å². The zero-order chi connectivity index (χ0) is 49.1. The number of benzene rings is 8. The third kappa shape index (κ3) is 6.40. The number of aryl methyl sites for hydroxylation is 1. The topological polar surface area (TPSA) is 6.48 Å². The second-order valence-corrected chi connectivity index (χ2v) is 25.1. The molecule has 0 bridgehead atoms. The molecule has 0 aromatic heterocycles. The van der Waals surface area contributed by atoms with Crippen LogP contribution in [0.15, 0.2) is 158 Å². The number of hydrogen-bond donors (Lipinski definition) is 0. The Hall–Kier alpha value is -6.58. The van der Waals surface area contributed by atoms with Gasteiger partial charge in [-0.1, -0.05) is 191 Å². The fourth-order valence-corrected chi connectivity index (χ4v) is 14.1. The molecule has 0 fully saturated rings. The van der Waals surface area contributed by atoms with Crippen molar-refractivity contribution in [3.05, 3.63) is 197 Å². The number of anilines is 5. The van der Waals surface area contributed by atoms with Gasteiger partial charge in [0.2, 0.25) is 0 Å². The highest BCUT2D eigenvalue weighted by molar-refractivity contribution is 6.93. The molecule has 3 heteroatoms. The van der Waals surface area contributed by atoms with Gasteiger partial charge in [-0.05, 0) is 179 Å². The van der Waals surface area contributed by atoms with E-state index in [1.54, 1.807) is 0 Å². The molecule has 5 aliphatic rings.